The van der Waals surface area contributed by atoms with Gasteiger partial charge in [0, 0.05) is 11.3 Å². The fourth-order valence-corrected chi connectivity index (χ4v) is 4.26. The van der Waals surface area contributed by atoms with Gasteiger partial charge in [-0.05, 0) is 27.7 Å². The van der Waals surface area contributed by atoms with Crippen LogP contribution in [-0.2, 0) is 32.4 Å². The standard InChI is InChI=1S/C8H11N3O6S.C7H9N3O6S/c1-5-7(3-4-16-10(12)13)18-8(9-5)6(2)17-11(14)15;1-4-6(3-15-9(11)12)17-7(8-4)5(2)16-10(13)14/h6H,3-4H2,1-2H3;5H,3H2,1-2H3. The predicted molar refractivity (Wildman–Crippen MR) is 115 cm³/mol. The van der Waals surface area contributed by atoms with E-state index in [1.807, 2.05) is 0 Å². The van der Waals surface area contributed by atoms with Crippen LogP contribution in [0.1, 0.15) is 57.2 Å². The van der Waals surface area contributed by atoms with E-state index in [2.05, 4.69) is 29.3 Å². The van der Waals surface area contributed by atoms with E-state index >= 15 is 0 Å². The number of hydrogen-bond acceptors (Lipinski definition) is 16. The second kappa shape index (κ2) is 13.7. The van der Waals surface area contributed by atoms with E-state index in [0.717, 1.165) is 16.2 Å². The molecule has 2 aromatic heterocycles. The van der Waals surface area contributed by atoms with Crippen LogP contribution < -0.4 is 0 Å². The molecule has 35 heavy (non-hydrogen) atoms. The molecular formula is C15H20N6O12S2. The van der Waals surface area contributed by atoms with Crippen molar-refractivity contribution in [3.63, 3.8) is 0 Å². The summed E-state index contributed by atoms with van der Waals surface area (Å²) in [5.74, 6) is 0. The molecule has 194 valence electrons. The first kappa shape index (κ1) is 29.1. The maximum Gasteiger partial charge on any atom is 0.295 e. The van der Waals surface area contributed by atoms with E-state index in [9.17, 15) is 40.5 Å². The lowest BCUT2D eigenvalue weighted by Gasteiger charge is -2.03. The van der Waals surface area contributed by atoms with Crippen molar-refractivity contribution < 1.29 is 39.7 Å². The summed E-state index contributed by atoms with van der Waals surface area (Å²) >= 11 is 2.30. The van der Waals surface area contributed by atoms with E-state index in [0.29, 0.717) is 32.7 Å². The minimum Gasteiger partial charge on any atom is -0.314 e. The van der Waals surface area contributed by atoms with Gasteiger partial charge in [0.05, 0.1) is 16.3 Å². The Morgan fingerprint density at radius 2 is 1.17 bits per heavy atom. The van der Waals surface area contributed by atoms with Gasteiger partial charge in [-0.2, -0.15) is 0 Å². The van der Waals surface area contributed by atoms with E-state index in [1.165, 1.54) is 25.2 Å². The molecule has 0 aliphatic carbocycles. The quantitative estimate of drug-likeness (QED) is 0.262. The molecule has 0 fully saturated rings. The van der Waals surface area contributed by atoms with Gasteiger partial charge in [-0.15, -0.1) is 63.1 Å². The lowest BCUT2D eigenvalue weighted by Crippen LogP contribution is -2.05. The van der Waals surface area contributed by atoms with Gasteiger partial charge in [0.15, 0.2) is 12.2 Å². The third kappa shape index (κ3) is 10.7. The Kier molecular flexibility index (Phi) is 11.4. The number of rotatable bonds is 13. The van der Waals surface area contributed by atoms with Crippen molar-refractivity contribution in [1.29, 1.82) is 0 Å². The number of thiazole rings is 2. The van der Waals surface area contributed by atoms with E-state index in [-0.39, 0.29) is 13.2 Å². The van der Waals surface area contributed by atoms with Crippen LogP contribution >= 0.6 is 22.7 Å². The highest BCUT2D eigenvalue weighted by Crippen LogP contribution is 2.27. The predicted octanol–water partition coefficient (Wildman–Crippen LogP) is 2.90. The molecule has 0 saturated heterocycles. The highest BCUT2D eigenvalue weighted by atomic mass is 32.1. The summed E-state index contributed by atoms with van der Waals surface area (Å²) in [4.78, 5) is 66.9. The maximum absolute atomic E-state index is 10.2. The Labute approximate surface area is 203 Å². The Bertz CT molecular complexity index is 1040. The molecule has 18 nitrogen and oxygen atoms in total. The molecule has 2 heterocycles. The van der Waals surface area contributed by atoms with Crippen LogP contribution in [0, 0.1) is 54.3 Å². The van der Waals surface area contributed by atoms with Crippen molar-refractivity contribution in [2.45, 2.75) is 52.9 Å². The summed E-state index contributed by atoms with van der Waals surface area (Å²) < 4.78 is 0. The van der Waals surface area contributed by atoms with Crippen molar-refractivity contribution in [1.82, 2.24) is 9.97 Å². The average molecular weight is 540 g/mol. The Morgan fingerprint density at radius 1 is 0.743 bits per heavy atom. The minimum absolute atomic E-state index is 0.0695. The second-order valence-corrected chi connectivity index (χ2v) is 8.60. The third-order valence-electron chi connectivity index (χ3n) is 3.83. The first-order valence-electron chi connectivity index (χ1n) is 9.39. The van der Waals surface area contributed by atoms with Crippen molar-refractivity contribution in [3.05, 3.63) is 71.6 Å². The SMILES string of the molecule is Cc1nc(C(C)O[N+](=O)[O-])sc1CCO[N+](=O)[O-].Cc1nc(C(C)O[N+](=O)[O-])sc1CO[N+](=O)[O-]. The van der Waals surface area contributed by atoms with Gasteiger partial charge in [0.2, 0.25) is 0 Å². The Balaban J connectivity index is 0.000000351. The molecule has 0 aliphatic rings. The molecule has 20 heteroatoms. The summed E-state index contributed by atoms with van der Waals surface area (Å²) in [7, 11) is 0. The van der Waals surface area contributed by atoms with E-state index < -0.39 is 32.6 Å². The molecule has 0 radical (unpaired) electrons. The zero-order chi connectivity index (χ0) is 26.7. The molecule has 0 saturated carbocycles. The number of nitrogens with zero attached hydrogens (tertiary/aromatic N) is 6. The smallest absolute Gasteiger partial charge is 0.295 e. The molecule has 0 spiro atoms. The Morgan fingerprint density at radius 3 is 1.60 bits per heavy atom. The van der Waals surface area contributed by atoms with Gasteiger partial charge in [-0.25, -0.2) is 9.97 Å². The summed E-state index contributed by atoms with van der Waals surface area (Å²) in [5.41, 5.74) is 1.20. The van der Waals surface area contributed by atoms with Gasteiger partial charge >= 0.3 is 0 Å². The van der Waals surface area contributed by atoms with Crippen LogP contribution in [0.3, 0.4) is 0 Å². The first-order valence-corrected chi connectivity index (χ1v) is 11.0. The molecule has 0 amide bonds. The van der Waals surface area contributed by atoms with Crippen molar-refractivity contribution >= 4 is 22.7 Å². The van der Waals surface area contributed by atoms with Crippen LogP contribution in [0.5, 0.6) is 0 Å². The zero-order valence-electron chi connectivity index (χ0n) is 18.7. The average Bonchev–Trinajstić information content (AvgIpc) is 3.28. The maximum atomic E-state index is 10.2. The lowest BCUT2D eigenvalue weighted by atomic mass is 10.3. The molecule has 2 unspecified atom stereocenters. The summed E-state index contributed by atoms with van der Waals surface area (Å²) in [6.45, 7) is 6.05. The highest BCUT2D eigenvalue weighted by Gasteiger charge is 2.18. The molecule has 0 aliphatic heterocycles. The van der Waals surface area contributed by atoms with Crippen LogP contribution in [0.25, 0.3) is 0 Å². The van der Waals surface area contributed by atoms with Crippen LogP contribution in [0.2, 0.25) is 0 Å². The fourth-order valence-electron chi connectivity index (χ4n) is 2.29. The summed E-state index contributed by atoms with van der Waals surface area (Å²) in [6, 6.07) is 0. The minimum atomic E-state index is -0.908. The Hall–Kier alpha value is -3.94. The molecular weight excluding hydrogens is 520 g/mol. The van der Waals surface area contributed by atoms with Crippen molar-refractivity contribution in [2.75, 3.05) is 6.61 Å². The first-order chi connectivity index (χ1) is 16.3. The molecule has 2 atom stereocenters. The largest absolute Gasteiger partial charge is 0.314 e. The van der Waals surface area contributed by atoms with Gasteiger partial charge in [0.1, 0.15) is 23.2 Å². The van der Waals surface area contributed by atoms with E-state index in [4.69, 9.17) is 0 Å². The number of aromatic nitrogens is 2. The monoisotopic (exact) mass is 540 g/mol. The number of hydrogen-bond donors (Lipinski definition) is 0. The lowest BCUT2D eigenvalue weighted by molar-refractivity contribution is -0.770. The molecule has 0 N–H and O–H groups in total. The summed E-state index contributed by atoms with van der Waals surface area (Å²) in [6.07, 6.45) is -1.23. The summed E-state index contributed by atoms with van der Waals surface area (Å²) in [5, 5.41) is 37.6. The van der Waals surface area contributed by atoms with E-state index in [1.54, 1.807) is 13.8 Å². The van der Waals surface area contributed by atoms with Crippen molar-refractivity contribution in [3.8, 4) is 0 Å². The fraction of sp³-hybridized carbons (Fsp3) is 0.600. The molecule has 0 bridgehead atoms. The third-order valence-corrected chi connectivity index (χ3v) is 6.50. The van der Waals surface area contributed by atoms with Crippen LogP contribution in [0.15, 0.2) is 0 Å². The highest BCUT2D eigenvalue weighted by molar-refractivity contribution is 7.12. The second-order valence-electron chi connectivity index (χ2n) is 6.37. The van der Waals surface area contributed by atoms with Gasteiger partial charge < -0.3 is 19.4 Å². The molecule has 2 rings (SSSR count). The topological polar surface area (TPSA) is 235 Å². The van der Waals surface area contributed by atoms with Crippen LogP contribution in [0.4, 0.5) is 0 Å². The normalized spacial score (nSPS) is 11.9. The van der Waals surface area contributed by atoms with Crippen LogP contribution in [-0.4, -0.2) is 36.9 Å². The van der Waals surface area contributed by atoms with Gasteiger partial charge in [-0.1, -0.05) is 0 Å². The number of aryl methyl sites for hydroxylation is 2. The molecule has 2 aromatic rings. The zero-order valence-corrected chi connectivity index (χ0v) is 20.3. The van der Waals surface area contributed by atoms with Crippen molar-refractivity contribution in [2.24, 2.45) is 0 Å². The van der Waals surface area contributed by atoms with Gasteiger partial charge in [-0.3, -0.25) is 0 Å². The van der Waals surface area contributed by atoms with Gasteiger partial charge in [0.25, 0.3) is 20.3 Å². The molecule has 0 aromatic carbocycles.